The molecule has 0 amide bonds. The average Bonchev–Trinajstić information content (AvgIpc) is 1.56. The Hall–Kier alpha value is -18.4. The topological polar surface area (TPSA) is 93.6 Å². The zero-order valence-electron chi connectivity index (χ0n) is 73.7. The quantitative estimate of drug-likeness (QED) is 0.135. The number of para-hydroxylation sites is 7. The molecule has 0 aliphatic carbocycles. The Labute approximate surface area is 783 Å². The monoisotopic (exact) mass is 1750 g/mol. The van der Waals surface area contributed by atoms with Gasteiger partial charge in [-0.25, -0.2) is 0 Å². The van der Waals surface area contributed by atoms with Crippen LogP contribution in [0.5, 0.6) is 0 Å². The summed E-state index contributed by atoms with van der Waals surface area (Å²) in [7, 11) is 0. The predicted octanol–water partition coefficient (Wildman–Crippen LogP) is 36.3. The van der Waals surface area contributed by atoms with Crippen LogP contribution >= 0.6 is 0 Å². The van der Waals surface area contributed by atoms with Crippen LogP contribution in [0.1, 0.15) is 0 Å². The molecule has 137 heavy (non-hydrogen) atoms. The molecule has 0 radical (unpaired) electrons. The average molecular weight is 1750 g/mol. The molecule has 9 heteroatoms. The van der Waals surface area contributed by atoms with Crippen molar-refractivity contribution < 1.29 is 26.5 Å². The summed E-state index contributed by atoms with van der Waals surface area (Å²) >= 11 is 0. The van der Waals surface area contributed by atoms with Crippen molar-refractivity contribution in [3.63, 3.8) is 0 Å². The smallest absolute Gasteiger partial charge is 0.161 e. The van der Waals surface area contributed by atoms with E-state index < -0.39 is 0 Å². The van der Waals surface area contributed by atoms with Crippen LogP contribution in [-0.4, -0.2) is 13.7 Å². The van der Waals surface area contributed by atoms with Crippen LogP contribution in [0.15, 0.2) is 494 Å². The standard InChI is InChI=1S/C44H27NO2.2C42H25NO2/c1-3-13-28(14-4-1)32-20-11-22-37-41-34(21-12-24-39(41)46-43(32)37)33-18-8-7-17-31(33)29-25-26-36-40(27-29)47-44-35-19-9-10-23-38(35)45(42(36)44)30-15-5-2-6-16-30;1-2-12-28(13-3-1)43-36-19-9-8-17-33(36)42-40(43)34-23-22-27(25-38(34)45-42)29-14-6-7-16-31(29)32-18-10-20-37-39(32)35-24-21-26-11-4-5-15-30(26)41(35)44-37;1-2-11-29(12-3-1)43-36-17-9-8-16-33(36)42-41(43)35-22-19-28(25-39(35)45-42)31-14-7-6-13-30(31)27-18-21-34-38(24-27)44-37-23-20-26-10-4-5-15-32(26)40(34)37/h1-27H;2*1-25H. The molecule has 0 atom stereocenters. The second kappa shape index (κ2) is 31.1. The Morgan fingerprint density at radius 3 is 0.898 bits per heavy atom. The number of rotatable bonds is 10. The minimum atomic E-state index is 0.872. The molecule has 21 aromatic carbocycles. The molecule has 640 valence electrons. The van der Waals surface area contributed by atoms with Gasteiger partial charge < -0.3 is 40.2 Å². The first kappa shape index (κ1) is 77.3. The second-order valence-corrected chi connectivity index (χ2v) is 35.4. The molecule has 0 N–H and O–H groups in total. The van der Waals surface area contributed by atoms with Gasteiger partial charge in [0.2, 0.25) is 0 Å². The van der Waals surface area contributed by atoms with Crippen molar-refractivity contribution in [3.8, 4) is 95.0 Å². The van der Waals surface area contributed by atoms with E-state index >= 15 is 0 Å². The van der Waals surface area contributed by atoms with Gasteiger partial charge in [0, 0.05) is 92.6 Å². The van der Waals surface area contributed by atoms with Crippen molar-refractivity contribution in [2.24, 2.45) is 0 Å². The van der Waals surface area contributed by atoms with E-state index in [9.17, 15) is 0 Å². The van der Waals surface area contributed by atoms with E-state index in [0.717, 1.165) is 260 Å². The van der Waals surface area contributed by atoms with Gasteiger partial charge in [0.25, 0.3) is 0 Å². The molecule has 0 aliphatic rings. The summed E-state index contributed by atoms with van der Waals surface area (Å²) in [5, 5.41) is 18.2. The molecule has 30 rings (SSSR count). The largest absolute Gasteiger partial charge is 0.456 e. The lowest BCUT2D eigenvalue weighted by Crippen LogP contribution is -1.92. The summed E-state index contributed by atoms with van der Waals surface area (Å²) in [6.07, 6.45) is 0. The van der Waals surface area contributed by atoms with Crippen LogP contribution in [0.4, 0.5) is 0 Å². The number of furan rings is 6. The van der Waals surface area contributed by atoms with Crippen LogP contribution in [-0.2, 0) is 0 Å². The molecule has 0 unspecified atom stereocenters. The first-order valence-electron chi connectivity index (χ1n) is 46.5. The van der Waals surface area contributed by atoms with E-state index in [1.807, 2.05) is 6.07 Å². The normalized spacial score (nSPS) is 11.9. The van der Waals surface area contributed by atoms with E-state index in [0.29, 0.717) is 0 Å². The summed E-state index contributed by atoms with van der Waals surface area (Å²) in [5.74, 6) is 0. The number of benzene rings is 21. The highest BCUT2D eigenvalue weighted by Gasteiger charge is 2.28. The summed E-state index contributed by atoms with van der Waals surface area (Å²) in [4.78, 5) is 0. The number of fused-ring (bicyclic) bond motifs is 28. The van der Waals surface area contributed by atoms with Gasteiger partial charge >= 0.3 is 0 Å². The number of nitrogens with zero attached hydrogens (tertiary/aromatic N) is 3. The Balaban J connectivity index is 0.000000102. The molecule has 0 aliphatic heterocycles. The maximum absolute atomic E-state index is 6.71. The molecule has 9 nitrogen and oxygen atoms in total. The maximum Gasteiger partial charge on any atom is 0.161 e. The van der Waals surface area contributed by atoms with Crippen molar-refractivity contribution in [3.05, 3.63) is 467 Å². The lowest BCUT2D eigenvalue weighted by atomic mass is 9.91. The first-order valence-corrected chi connectivity index (χ1v) is 46.5. The van der Waals surface area contributed by atoms with Gasteiger partial charge in [-0.05, 0) is 234 Å². The third-order valence-corrected chi connectivity index (χ3v) is 27.8. The third-order valence-electron chi connectivity index (χ3n) is 27.8. The lowest BCUT2D eigenvalue weighted by Gasteiger charge is -2.12. The zero-order chi connectivity index (χ0) is 89.9. The van der Waals surface area contributed by atoms with Gasteiger partial charge in [-0.3, -0.25) is 0 Å². The number of aromatic nitrogens is 3. The Morgan fingerprint density at radius 1 is 0.139 bits per heavy atom. The van der Waals surface area contributed by atoms with Gasteiger partial charge in [-0.15, -0.1) is 0 Å². The Morgan fingerprint density at radius 2 is 0.438 bits per heavy atom. The minimum absolute atomic E-state index is 0.872. The van der Waals surface area contributed by atoms with Crippen LogP contribution in [0.3, 0.4) is 0 Å². The Bertz CT molecular complexity index is 10100. The van der Waals surface area contributed by atoms with Crippen molar-refractivity contribution >= 4 is 186 Å². The molecule has 9 aromatic heterocycles. The summed E-state index contributed by atoms with van der Waals surface area (Å²) < 4.78 is 46.6. The molecular formula is C128H77N3O6. The maximum atomic E-state index is 6.71. The molecule has 9 heterocycles. The Kier molecular flexibility index (Phi) is 17.6. The molecule has 30 aromatic rings. The summed E-state index contributed by atoms with van der Waals surface area (Å²) in [6.45, 7) is 0. The molecule has 0 saturated heterocycles. The third kappa shape index (κ3) is 12.3. The fraction of sp³-hybridized carbons (Fsp3) is 0. The van der Waals surface area contributed by atoms with Gasteiger partial charge in [-0.2, -0.15) is 0 Å². The number of hydrogen-bond acceptors (Lipinski definition) is 6. The van der Waals surface area contributed by atoms with E-state index in [2.05, 4.69) is 475 Å². The molecule has 0 saturated carbocycles. The van der Waals surface area contributed by atoms with Crippen molar-refractivity contribution in [1.82, 2.24) is 13.7 Å². The fourth-order valence-electron chi connectivity index (χ4n) is 21.8. The molecule has 0 spiro atoms. The molecule has 0 fully saturated rings. The van der Waals surface area contributed by atoms with Crippen LogP contribution < -0.4 is 0 Å². The highest BCUT2D eigenvalue weighted by Crippen LogP contribution is 2.51. The van der Waals surface area contributed by atoms with Gasteiger partial charge in [-0.1, -0.05) is 322 Å². The van der Waals surface area contributed by atoms with Gasteiger partial charge in [0.1, 0.15) is 66.8 Å². The van der Waals surface area contributed by atoms with Crippen LogP contribution in [0.2, 0.25) is 0 Å². The fourth-order valence-corrected chi connectivity index (χ4v) is 21.8. The minimum Gasteiger partial charge on any atom is -0.456 e. The van der Waals surface area contributed by atoms with E-state index in [-0.39, 0.29) is 0 Å². The summed E-state index contributed by atoms with van der Waals surface area (Å²) in [5.41, 5.74) is 36.8. The van der Waals surface area contributed by atoms with Gasteiger partial charge in [0.15, 0.2) is 16.7 Å². The van der Waals surface area contributed by atoms with Crippen molar-refractivity contribution in [2.45, 2.75) is 0 Å². The SMILES string of the molecule is c1ccc(-c2cccc3c2oc2cccc(-c4ccccc4-c4ccc5c(c4)oc4c6ccccc6n(-c6ccccc6)c54)c23)cc1.c1ccc(-n2c3ccccc3c3oc4cc(-c5ccccc5-c5ccc6c(c5)oc5ccc7ccccc7c56)ccc4c32)cc1.c1ccc(-n2c3ccccc3c3oc4cc(-c5ccccc5-c5cccc6oc7c8ccccc8ccc7c56)ccc4c32)cc1. The van der Waals surface area contributed by atoms with Crippen LogP contribution in [0, 0.1) is 0 Å². The zero-order valence-corrected chi connectivity index (χ0v) is 73.7. The molecular weight excluding hydrogens is 1680 g/mol. The first-order chi connectivity index (χ1) is 68.0. The van der Waals surface area contributed by atoms with Crippen LogP contribution in [0.25, 0.3) is 281 Å². The second-order valence-electron chi connectivity index (χ2n) is 35.4. The summed E-state index contributed by atoms with van der Waals surface area (Å²) in [6, 6.07) is 164. The van der Waals surface area contributed by atoms with E-state index in [1.54, 1.807) is 0 Å². The highest BCUT2D eigenvalue weighted by atomic mass is 16.4. The van der Waals surface area contributed by atoms with E-state index in [1.165, 1.54) is 21.5 Å². The van der Waals surface area contributed by atoms with Crippen molar-refractivity contribution in [2.75, 3.05) is 0 Å². The highest BCUT2D eigenvalue weighted by molar-refractivity contribution is 6.25. The lowest BCUT2D eigenvalue weighted by molar-refractivity contribution is 0.669. The predicted molar refractivity (Wildman–Crippen MR) is 567 cm³/mol. The van der Waals surface area contributed by atoms with Crippen molar-refractivity contribution in [1.29, 1.82) is 0 Å². The van der Waals surface area contributed by atoms with E-state index in [4.69, 9.17) is 26.5 Å². The number of hydrogen-bond donors (Lipinski definition) is 0. The van der Waals surface area contributed by atoms with Gasteiger partial charge in [0.05, 0.1) is 16.6 Å². The molecule has 0 bridgehead atoms.